The van der Waals surface area contributed by atoms with Crippen LogP contribution in [0.5, 0.6) is 0 Å². The first kappa shape index (κ1) is 13.2. The smallest absolute Gasteiger partial charge is 0.382 e. The van der Waals surface area contributed by atoms with Crippen molar-refractivity contribution in [3.05, 3.63) is 32.7 Å². The van der Waals surface area contributed by atoms with E-state index in [-0.39, 0.29) is 4.47 Å². The first-order valence-corrected chi connectivity index (χ1v) is 5.13. The lowest BCUT2D eigenvalue weighted by atomic mass is 10.3. The number of halogens is 4. The Kier molecular flexibility index (Phi) is 3.80. The Bertz CT molecular complexity index is 441. The van der Waals surface area contributed by atoms with Crippen LogP contribution in [0.25, 0.3) is 0 Å². The van der Waals surface area contributed by atoms with Gasteiger partial charge in [0, 0.05) is 6.20 Å². The minimum absolute atomic E-state index is 0.198. The first-order chi connectivity index (χ1) is 7.23. The molecular weight excluding hydrogens is 291 g/mol. The Morgan fingerprint density at radius 1 is 1.56 bits per heavy atom. The summed E-state index contributed by atoms with van der Waals surface area (Å²) in [6.45, 7) is 0.844. The number of aliphatic hydroxyl groups excluding tert-OH is 1. The summed E-state index contributed by atoms with van der Waals surface area (Å²) in [4.78, 5) is 11.5. The van der Waals surface area contributed by atoms with Crippen LogP contribution in [0.2, 0.25) is 0 Å². The molecule has 0 aliphatic rings. The molecule has 90 valence electrons. The van der Waals surface area contributed by atoms with Gasteiger partial charge in [-0.1, -0.05) is 0 Å². The molecule has 1 rings (SSSR count). The second kappa shape index (κ2) is 4.58. The minimum atomic E-state index is -4.73. The molecule has 1 unspecified atom stereocenters. The van der Waals surface area contributed by atoms with Crippen molar-refractivity contribution in [1.82, 2.24) is 4.57 Å². The van der Waals surface area contributed by atoms with Crippen molar-refractivity contribution in [3.63, 3.8) is 0 Å². The van der Waals surface area contributed by atoms with E-state index in [9.17, 15) is 18.0 Å². The molecule has 0 aliphatic carbocycles. The van der Waals surface area contributed by atoms with E-state index in [4.69, 9.17) is 5.11 Å². The predicted molar refractivity (Wildman–Crippen MR) is 55.2 cm³/mol. The van der Waals surface area contributed by atoms with Crippen LogP contribution in [-0.2, 0) is 6.54 Å². The Hall–Kier alpha value is -0.820. The molecule has 0 fully saturated rings. The number of hydrogen-bond acceptors (Lipinski definition) is 2. The number of pyridine rings is 1. The SMILES string of the molecule is Cc1ccn(CC(O)C(F)(F)F)c(=O)c1Br. The van der Waals surface area contributed by atoms with Crippen LogP contribution in [-0.4, -0.2) is 22.0 Å². The van der Waals surface area contributed by atoms with E-state index < -0.39 is 24.4 Å². The van der Waals surface area contributed by atoms with Gasteiger partial charge >= 0.3 is 6.18 Å². The zero-order valence-electron chi connectivity index (χ0n) is 8.25. The van der Waals surface area contributed by atoms with Crippen molar-refractivity contribution in [1.29, 1.82) is 0 Å². The van der Waals surface area contributed by atoms with Gasteiger partial charge in [0.05, 0.1) is 11.0 Å². The fraction of sp³-hybridized carbons (Fsp3) is 0.444. The van der Waals surface area contributed by atoms with E-state index in [0.717, 1.165) is 4.57 Å². The third kappa shape index (κ3) is 2.85. The quantitative estimate of drug-likeness (QED) is 0.905. The van der Waals surface area contributed by atoms with Gasteiger partial charge in [0.25, 0.3) is 5.56 Å². The summed E-state index contributed by atoms with van der Waals surface area (Å²) in [5.41, 5.74) is 0.0334. The van der Waals surface area contributed by atoms with Gasteiger partial charge in [0.1, 0.15) is 0 Å². The molecule has 0 saturated carbocycles. The topological polar surface area (TPSA) is 42.2 Å². The standard InChI is InChI=1S/C9H9BrF3NO2/c1-5-2-3-14(8(16)7(5)10)4-6(15)9(11,12)13/h2-3,6,15H,4H2,1H3. The summed E-state index contributed by atoms with van der Waals surface area (Å²) >= 11 is 2.97. The normalized spacial score (nSPS) is 13.9. The summed E-state index contributed by atoms with van der Waals surface area (Å²) in [5.74, 6) is 0. The molecule has 1 aromatic heterocycles. The summed E-state index contributed by atoms with van der Waals surface area (Å²) in [7, 11) is 0. The molecule has 3 nitrogen and oxygen atoms in total. The first-order valence-electron chi connectivity index (χ1n) is 4.34. The van der Waals surface area contributed by atoms with E-state index in [2.05, 4.69) is 15.9 Å². The lowest BCUT2D eigenvalue weighted by molar-refractivity contribution is -0.207. The van der Waals surface area contributed by atoms with E-state index in [0.29, 0.717) is 5.56 Å². The van der Waals surface area contributed by atoms with Crippen molar-refractivity contribution in [3.8, 4) is 0 Å². The highest BCUT2D eigenvalue weighted by molar-refractivity contribution is 9.10. The predicted octanol–water partition coefficient (Wildman–Crippen LogP) is 1.84. The summed E-state index contributed by atoms with van der Waals surface area (Å²) in [6, 6.07) is 1.49. The maximum Gasteiger partial charge on any atom is 0.416 e. The van der Waals surface area contributed by atoms with Gasteiger partial charge in [-0.05, 0) is 34.5 Å². The third-order valence-corrected chi connectivity index (χ3v) is 3.01. The maximum absolute atomic E-state index is 12.1. The average molecular weight is 300 g/mol. The fourth-order valence-corrected chi connectivity index (χ4v) is 1.43. The van der Waals surface area contributed by atoms with E-state index >= 15 is 0 Å². The van der Waals surface area contributed by atoms with Gasteiger partial charge in [-0.15, -0.1) is 0 Å². The number of aromatic nitrogens is 1. The molecule has 0 aromatic carbocycles. The minimum Gasteiger partial charge on any atom is -0.382 e. The molecule has 1 aromatic rings. The lowest BCUT2D eigenvalue weighted by Gasteiger charge is -2.16. The zero-order valence-corrected chi connectivity index (χ0v) is 9.84. The van der Waals surface area contributed by atoms with Gasteiger partial charge in [-0.2, -0.15) is 13.2 Å². The molecular formula is C9H9BrF3NO2. The Labute approximate surface area is 97.6 Å². The number of aliphatic hydroxyl groups is 1. The molecule has 1 heterocycles. The van der Waals surface area contributed by atoms with Crippen LogP contribution in [0.15, 0.2) is 21.5 Å². The Morgan fingerprint density at radius 3 is 2.62 bits per heavy atom. The summed E-state index contributed by atoms with van der Waals surface area (Å²) in [6.07, 6.45) is -6.05. The lowest BCUT2D eigenvalue weighted by Crippen LogP contribution is -2.36. The van der Waals surface area contributed by atoms with Crippen LogP contribution in [0.3, 0.4) is 0 Å². The highest BCUT2D eigenvalue weighted by atomic mass is 79.9. The molecule has 0 bridgehead atoms. The van der Waals surface area contributed by atoms with Crippen LogP contribution in [0.4, 0.5) is 13.2 Å². The molecule has 0 amide bonds. The molecule has 1 atom stereocenters. The highest BCUT2D eigenvalue weighted by Gasteiger charge is 2.38. The van der Waals surface area contributed by atoms with E-state index in [1.807, 2.05) is 0 Å². The number of alkyl halides is 3. The number of aryl methyl sites for hydroxylation is 1. The molecule has 0 saturated heterocycles. The van der Waals surface area contributed by atoms with Crippen LogP contribution in [0.1, 0.15) is 5.56 Å². The van der Waals surface area contributed by atoms with Crippen LogP contribution in [0, 0.1) is 6.92 Å². The second-order valence-electron chi connectivity index (χ2n) is 3.33. The van der Waals surface area contributed by atoms with E-state index in [1.54, 1.807) is 6.92 Å². The van der Waals surface area contributed by atoms with Gasteiger partial charge in [-0.3, -0.25) is 4.79 Å². The molecule has 16 heavy (non-hydrogen) atoms. The van der Waals surface area contributed by atoms with E-state index in [1.165, 1.54) is 12.3 Å². The fourth-order valence-electron chi connectivity index (χ4n) is 1.07. The molecule has 0 radical (unpaired) electrons. The third-order valence-electron chi connectivity index (χ3n) is 2.05. The van der Waals surface area contributed by atoms with Crippen molar-refractivity contribution in [2.45, 2.75) is 25.7 Å². The number of rotatable bonds is 2. The van der Waals surface area contributed by atoms with Crippen molar-refractivity contribution < 1.29 is 18.3 Å². The molecule has 7 heteroatoms. The average Bonchev–Trinajstić information content (AvgIpc) is 2.17. The van der Waals surface area contributed by atoms with Crippen LogP contribution >= 0.6 is 15.9 Å². The zero-order chi connectivity index (χ0) is 12.5. The molecule has 0 spiro atoms. The van der Waals surface area contributed by atoms with Gasteiger partial charge in [0.2, 0.25) is 0 Å². The van der Waals surface area contributed by atoms with Gasteiger partial charge in [-0.25, -0.2) is 0 Å². The van der Waals surface area contributed by atoms with Crippen molar-refractivity contribution >= 4 is 15.9 Å². The molecule has 0 aliphatic heterocycles. The number of nitrogens with zero attached hydrogens (tertiary/aromatic N) is 1. The van der Waals surface area contributed by atoms with Crippen molar-refractivity contribution in [2.75, 3.05) is 0 Å². The second-order valence-corrected chi connectivity index (χ2v) is 4.12. The van der Waals surface area contributed by atoms with Gasteiger partial charge < -0.3 is 9.67 Å². The van der Waals surface area contributed by atoms with Gasteiger partial charge in [0.15, 0.2) is 6.10 Å². The highest BCUT2D eigenvalue weighted by Crippen LogP contribution is 2.21. The summed E-state index contributed by atoms with van der Waals surface area (Å²) in [5, 5.41) is 8.82. The Morgan fingerprint density at radius 2 is 2.12 bits per heavy atom. The number of hydrogen-bond donors (Lipinski definition) is 1. The summed E-state index contributed by atoms with van der Waals surface area (Å²) < 4.78 is 37.2. The Balaban J connectivity index is 3.00. The molecule has 1 N–H and O–H groups in total. The van der Waals surface area contributed by atoms with Crippen molar-refractivity contribution in [2.24, 2.45) is 0 Å². The largest absolute Gasteiger partial charge is 0.416 e. The maximum atomic E-state index is 12.1. The monoisotopic (exact) mass is 299 g/mol. The van der Waals surface area contributed by atoms with Crippen LogP contribution < -0.4 is 5.56 Å².